The van der Waals surface area contributed by atoms with Crippen LogP contribution in [0, 0.1) is 10.1 Å². The van der Waals surface area contributed by atoms with E-state index in [-0.39, 0.29) is 17.1 Å². The number of hydrogen-bond donors (Lipinski definition) is 1. The minimum absolute atomic E-state index is 0.0712. The molecule has 2 aromatic rings. The lowest BCUT2D eigenvalue weighted by atomic mass is 10.2. The molecule has 27 heavy (non-hydrogen) atoms. The number of nitrogens with zero attached hydrogens (tertiary/aromatic N) is 2. The Bertz CT molecular complexity index is 961. The van der Waals surface area contributed by atoms with Gasteiger partial charge in [0, 0.05) is 29.4 Å². The number of carbonyl (C=O) groups excluding carboxylic acids is 1. The van der Waals surface area contributed by atoms with Gasteiger partial charge in [0.2, 0.25) is 15.9 Å². The van der Waals surface area contributed by atoms with E-state index in [1.54, 1.807) is 0 Å². The van der Waals surface area contributed by atoms with E-state index in [0.29, 0.717) is 23.6 Å². The number of hydrogen-bond acceptors (Lipinski definition) is 5. The van der Waals surface area contributed by atoms with Gasteiger partial charge >= 0.3 is 0 Å². The first-order valence-electron chi connectivity index (χ1n) is 8.12. The molecule has 1 N–H and O–H groups in total. The Kier molecular flexibility index (Phi) is 5.45. The van der Waals surface area contributed by atoms with Gasteiger partial charge in [0.15, 0.2) is 0 Å². The van der Waals surface area contributed by atoms with Gasteiger partial charge in [-0.15, -0.1) is 0 Å². The van der Waals surface area contributed by atoms with E-state index in [0.717, 1.165) is 0 Å². The van der Waals surface area contributed by atoms with Crippen molar-refractivity contribution < 1.29 is 18.1 Å². The van der Waals surface area contributed by atoms with Crippen molar-refractivity contribution in [3.8, 4) is 0 Å². The highest BCUT2D eigenvalue weighted by Gasteiger charge is 2.39. The zero-order chi connectivity index (χ0) is 19.6. The zero-order valence-corrected chi connectivity index (χ0v) is 15.6. The Hall–Kier alpha value is -2.49. The van der Waals surface area contributed by atoms with Crippen LogP contribution in [0.3, 0.4) is 0 Å². The van der Waals surface area contributed by atoms with Crippen LogP contribution in [-0.4, -0.2) is 36.1 Å². The lowest BCUT2D eigenvalue weighted by Gasteiger charge is -2.23. The lowest BCUT2D eigenvalue weighted by molar-refractivity contribution is -0.384. The van der Waals surface area contributed by atoms with Gasteiger partial charge in [-0.2, -0.15) is 4.31 Å². The van der Waals surface area contributed by atoms with E-state index in [1.807, 2.05) is 0 Å². The number of non-ortho nitro benzene ring substituents is 1. The topological polar surface area (TPSA) is 110 Å². The SMILES string of the molecule is O=C(Nc1ccc([N+](=O)[O-])cc1)[C@H]1CCCN1S(=O)(=O)c1ccc(Cl)cc1. The second-order valence-electron chi connectivity index (χ2n) is 6.02. The average Bonchev–Trinajstić information content (AvgIpc) is 3.13. The molecule has 10 heteroatoms. The maximum atomic E-state index is 12.9. The van der Waals surface area contributed by atoms with Gasteiger partial charge in [-0.1, -0.05) is 11.6 Å². The van der Waals surface area contributed by atoms with Crippen LogP contribution in [0.1, 0.15) is 12.8 Å². The number of anilines is 1. The van der Waals surface area contributed by atoms with Crippen LogP contribution in [0.25, 0.3) is 0 Å². The maximum Gasteiger partial charge on any atom is 0.269 e. The molecule has 1 fully saturated rings. The summed E-state index contributed by atoms with van der Waals surface area (Å²) < 4.78 is 26.9. The Morgan fingerprint density at radius 2 is 1.78 bits per heavy atom. The molecule has 8 nitrogen and oxygen atoms in total. The number of nitrogens with one attached hydrogen (secondary N) is 1. The second kappa shape index (κ2) is 7.63. The van der Waals surface area contributed by atoms with Gasteiger partial charge in [0.1, 0.15) is 6.04 Å². The fourth-order valence-electron chi connectivity index (χ4n) is 2.92. The summed E-state index contributed by atoms with van der Waals surface area (Å²) in [5.74, 6) is -0.473. The number of carbonyl (C=O) groups is 1. The largest absolute Gasteiger partial charge is 0.325 e. The van der Waals surface area contributed by atoms with E-state index >= 15 is 0 Å². The Morgan fingerprint density at radius 3 is 2.37 bits per heavy atom. The first-order valence-corrected chi connectivity index (χ1v) is 9.93. The first kappa shape index (κ1) is 19.3. The summed E-state index contributed by atoms with van der Waals surface area (Å²) in [6.45, 7) is 0.239. The maximum absolute atomic E-state index is 12.9. The zero-order valence-electron chi connectivity index (χ0n) is 14.0. The third-order valence-corrected chi connectivity index (χ3v) is 6.45. The molecular formula is C17H16ClN3O5S. The standard InChI is InChI=1S/C17H16ClN3O5S/c18-12-3-9-15(10-4-12)27(25,26)20-11-1-2-16(20)17(22)19-13-5-7-14(8-6-13)21(23)24/h3-10,16H,1-2,11H2,(H,19,22)/t16-/m1/s1. The van der Waals surface area contributed by atoms with Crippen molar-refractivity contribution in [3.63, 3.8) is 0 Å². The van der Waals surface area contributed by atoms with Crippen molar-refractivity contribution in [1.29, 1.82) is 0 Å². The third-order valence-electron chi connectivity index (χ3n) is 4.27. The molecule has 0 saturated carbocycles. The normalized spacial score (nSPS) is 17.6. The number of rotatable bonds is 5. The number of halogens is 1. The van der Waals surface area contributed by atoms with Crippen molar-refractivity contribution in [2.45, 2.75) is 23.8 Å². The molecule has 2 aromatic carbocycles. The van der Waals surface area contributed by atoms with Crippen molar-refractivity contribution in [2.24, 2.45) is 0 Å². The van der Waals surface area contributed by atoms with Crippen molar-refractivity contribution in [2.75, 3.05) is 11.9 Å². The molecule has 1 aliphatic rings. The van der Waals surface area contributed by atoms with Crippen LogP contribution in [-0.2, 0) is 14.8 Å². The van der Waals surface area contributed by atoms with E-state index < -0.39 is 26.9 Å². The van der Waals surface area contributed by atoms with E-state index in [2.05, 4.69) is 5.32 Å². The lowest BCUT2D eigenvalue weighted by Crippen LogP contribution is -2.43. The quantitative estimate of drug-likeness (QED) is 0.602. The smallest absolute Gasteiger partial charge is 0.269 e. The van der Waals surface area contributed by atoms with Gasteiger partial charge in [-0.3, -0.25) is 14.9 Å². The van der Waals surface area contributed by atoms with E-state index in [9.17, 15) is 23.3 Å². The highest BCUT2D eigenvalue weighted by molar-refractivity contribution is 7.89. The Labute approximate surface area is 160 Å². The molecule has 0 radical (unpaired) electrons. The summed E-state index contributed by atoms with van der Waals surface area (Å²) >= 11 is 5.81. The van der Waals surface area contributed by atoms with Crippen LogP contribution < -0.4 is 5.32 Å². The fraction of sp³-hybridized carbons (Fsp3) is 0.235. The summed E-state index contributed by atoms with van der Waals surface area (Å²) in [5, 5.41) is 13.7. The summed E-state index contributed by atoms with van der Waals surface area (Å²) in [4.78, 5) is 22.8. The molecule has 0 aromatic heterocycles. The number of sulfonamides is 1. The minimum Gasteiger partial charge on any atom is -0.325 e. The van der Waals surface area contributed by atoms with Crippen LogP contribution in [0.15, 0.2) is 53.4 Å². The number of benzene rings is 2. The molecular weight excluding hydrogens is 394 g/mol. The third kappa shape index (κ3) is 4.10. The molecule has 0 spiro atoms. The van der Waals surface area contributed by atoms with Crippen LogP contribution in [0.2, 0.25) is 5.02 Å². The molecule has 1 saturated heterocycles. The molecule has 1 amide bonds. The summed E-state index contributed by atoms with van der Waals surface area (Å²) in [5.41, 5.74) is 0.266. The van der Waals surface area contributed by atoms with Gasteiger partial charge in [-0.25, -0.2) is 8.42 Å². The molecule has 3 rings (SSSR count). The molecule has 1 heterocycles. The van der Waals surface area contributed by atoms with E-state index in [4.69, 9.17) is 11.6 Å². The fourth-order valence-corrected chi connectivity index (χ4v) is 4.71. The first-order chi connectivity index (χ1) is 12.8. The van der Waals surface area contributed by atoms with Crippen LogP contribution in [0.4, 0.5) is 11.4 Å². The second-order valence-corrected chi connectivity index (χ2v) is 8.35. The Balaban J connectivity index is 1.78. The molecule has 0 aliphatic carbocycles. The van der Waals surface area contributed by atoms with Crippen LogP contribution in [0.5, 0.6) is 0 Å². The Morgan fingerprint density at radius 1 is 1.15 bits per heavy atom. The van der Waals surface area contributed by atoms with Gasteiger partial charge < -0.3 is 5.32 Å². The predicted octanol–water partition coefficient (Wildman–Crippen LogP) is 3.04. The predicted molar refractivity (Wildman–Crippen MR) is 100 cm³/mol. The van der Waals surface area contributed by atoms with E-state index in [1.165, 1.54) is 52.8 Å². The van der Waals surface area contributed by atoms with Crippen molar-refractivity contribution in [3.05, 3.63) is 63.7 Å². The highest BCUT2D eigenvalue weighted by atomic mass is 35.5. The van der Waals surface area contributed by atoms with Gasteiger partial charge in [-0.05, 0) is 49.2 Å². The number of nitro groups is 1. The van der Waals surface area contributed by atoms with Crippen LogP contribution >= 0.6 is 11.6 Å². The highest BCUT2D eigenvalue weighted by Crippen LogP contribution is 2.28. The monoisotopic (exact) mass is 409 g/mol. The molecule has 1 aliphatic heterocycles. The van der Waals surface area contributed by atoms with Crippen molar-refractivity contribution >= 4 is 38.9 Å². The van der Waals surface area contributed by atoms with Gasteiger partial charge in [0.05, 0.1) is 9.82 Å². The minimum atomic E-state index is -3.84. The molecule has 1 atom stereocenters. The average molecular weight is 410 g/mol. The molecule has 0 bridgehead atoms. The number of nitro benzene ring substituents is 1. The summed E-state index contributed by atoms with van der Waals surface area (Å²) in [6, 6.07) is 10.3. The molecule has 0 unspecified atom stereocenters. The number of amides is 1. The summed E-state index contributed by atoms with van der Waals surface area (Å²) in [6.07, 6.45) is 0.955. The van der Waals surface area contributed by atoms with Crippen molar-refractivity contribution in [1.82, 2.24) is 4.31 Å². The summed E-state index contributed by atoms with van der Waals surface area (Å²) in [7, 11) is -3.84. The van der Waals surface area contributed by atoms with Gasteiger partial charge in [0.25, 0.3) is 5.69 Å². The molecule has 142 valence electrons.